The lowest BCUT2D eigenvalue weighted by atomic mass is 10.0. The molecule has 4 N–H and O–H groups in total. The summed E-state index contributed by atoms with van der Waals surface area (Å²) in [4.78, 5) is 12.6. The van der Waals surface area contributed by atoms with Crippen molar-refractivity contribution in [2.24, 2.45) is 12.8 Å². The Kier molecular flexibility index (Phi) is 4.82. The Morgan fingerprint density at radius 2 is 2.00 bits per heavy atom. The minimum Gasteiger partial charge on any atom is -0.463 e. The highest BCUT2D eigenvalue weighted by molar-refractivity contribution is 5.93. The number of fused-ring (bicyclic) bond motifs is 1. The zero-order chi connectivity index (χ0) is 19.5. The van der Waals surface area contributed by atoms with E-state index >= 15 is 0 Å². The largest absolute Gasteiger partial charge is 0.463 e. The van der Waals surface area contributed by atoms with Crippen LogP contribution in [-0.2, 0) is 7.05 Å². The van der Waals surface area contributed by atoms with Crippen molar-refractivity contribution in [3.05, 3.63) is 72.6 Å². The molecular formula is C21H21N5O2. The van der Waals surface area contributed by atoms with E-state index in [2.05, 4.69) is 21.8 Å². The van der Waals surface area contributed by atoms with Crippen LogP contribution in [0.3, 0.4) is 0 Å². The first kappa shape index (κ1) is 17.8. The van der Waals surface area contributed by atoms with Crippen LogP contribution < -0.4 is 16.4 Å². The van der Waals surface area contributed by atoms with Gasteiger partial charge in [0.15, 0.2) is 11.5 Å². The summed E-state index contributed by atoms with van der Waals surface area (Å²) in [5.74, 6) is 0.584. The van der Waals surface area contributed by atoms with Crippen LogP contribution in [0, 0.1) is 0 Å². The van der Waals surface area contributed by atoms with Crippen LogP contribution in [0.25, 0.3) is 22.2 Å². The number of carbonyl (C=O) groups excluding carboxylic acids is 1. The maximum atomic E-state index is 12.6. The number of rotatable bonds is 5. The van der Waals surface area contributed by atoms with E-state index in [4.69, 9.17) is 10.2 Å². The number of urea groups is 1. The van der Waals surface area contributed by atoms with Crippen LogP contribution in [-0.4, -0.2) is 22.4 Å². The summed E-state index contributed by atoms with van der Waals surface area (Å²) in [6, 6.07) is 17.0. The van der Waals surface area contributed by atoms with E-state index < -0.39 is 0 Å². The molecule has 0 bridgehead atoms. The second-order valence-electron chi connectivity index (χ2n) is 6.54. The molecule has 4 rings (SSSR count). The van der Waals surface area contributed by atoms with Gasteiger partial charge in [-0.2, -0.15) is 5.10 Å². The Morgan fingerprint density at radius 3 is 2.75 bits per heavy atom. The van der Waals surface area contributed by atoms with Gasteiger partial charge in [0.2, 0.25) is 0 Å². The van der Waals surface area contributed by atoms with E-state index in [9.17, 15) is 4.79 Å². The van der Waals surface area contributed by atoms with Crippen molar-refractivity contribution in [2.45, 2.75) is 6.04 Å². The molecule has 0 aliphatic heterocycles. The number of hydrogen-bond donors (Lipinski definition) is 3. The SMILES string of the molecule is Cn1cc(NC(=O)NC(CN)c2ccc3ccccc3c2)c(-c2ccco2)n1. The zero-order valence-electron chi connectivity index (χ0n) is 15.4. The van der Waals surface area contributed by atoms with Crippen LogP contribution in [0.15, 0.2) is 71.5 Å². The smallest absolute Gasteiger partial charge is 0.319 e. The fourth-order valence-corrected chi connectivity index (χ4v) is 3.19. The molecule has 2 aromatic heterocycles. The number of benzene rings is 2. The molecule has 1 unspecified atom stereocenters. The summed E-state index contributed by atoms with van der Waals surface area (Å²) in [7, 11) is 1.79. The molecule has 2 heterocycles. The molecule has 7 nitrogen and oxygen atoms in total. The van der Waals surface area contributed by atoms with Crippen molar-refractivity contribution >= 4 is 22.5 Å². The number of aryl methyl sites for hydroxylation is 1. The number of furan rings is 1. The van der Waals surface area contributed by atoms with Gasteiger partial charge < -0.3 is 20.8 Å². The predicted octanol–water partition coefficient (Wildman–Crippen LogP) is 3.65. The molecule has 0 aliphatic rings. The van der Waals surface area contributed by atoms with Crippen molar-refractivity contribution in [1.82, 2.24) is 15.1 Å². The molecule has 142 valence electrons. The number of nitrogens with two attached hydrogens (primary N) is 1. The number of amides is 2. The quantitative estimate of drug-likeness (QED) is 0.496. The Hall–Kier alpha value is -3.58. The van der Waals surface area contributed by atoms with Gasteiger partial charge in [-0.25, -0.2) is 4.79 Å². The minimum absolute atomic E-state index is 0.282. The maximum absolute atomic E-state index is 12.6. The van der Waals surface area contributed by atoms with Gasteiger partial charge in [0.1, 0.15) is 0 Å². The van der Waals surface area contributed by atoms with Crippen LogP contribution >= 0.6 is 0 Å². The molecule has 0 fully saturated rings. The molecule has 0 saturated heterocycles. The average molecular weight is 375 g/mol. The fourth-order valence-electron chi connectivity index (χ4n) is 3.19. The fraction of sp³-hybridized carbons (Fsp3) is 0.143. The zero-order valence-corrected chi connectivity index (χ0v) is 15.4. The normalized spacial score (nSPS) is 12.1. The van der Waals surface area contributed by atoms with Crippen molar-refractivity contribution in [2.75, 3.05) is 11.9 Å². The summed E-state index contributed by atoms with van der Waals surface area (Å²) in [5, 5.41) is 12.4. The molecular weight excluding hydrogens is 354 g/mol. The standard InChI is InChI=1S/C21H21N5O2/c1-26-13-18(20(25-26)19-7-4-10-28-19)24-21(27)23-17(12-22)16-9-8-14-5-2-3-6-15(14)11-16/h2-11,13,17H,12,22H2,1H3,(H2,23,24,27). The predicted molar refractivity (Wildman–Crippen MR) is 109 cm³/mol. The number of aromatic nitrogens is 2. The van der Waals surface area contributed by atoms with E-state index in [0.717, 1.165) is 16.3 Å². The second-order valence-corrected chi connectivity index (χ2v) is 6.54. The van der Waals surface area contributed by atoms with Gasteiger partial charge in [0, 0.05) is 19.8 Å². The topological polar surface area (TPSA) is 98.1 Å². The molecule has 4 aromatic rings. The highest BCUT2D eigenvalue weighted by Crippen LogP contribution is 2.26. The Bertz CT molecular complexity index is 1100. The van der Waals surface area contributed by atoms with E-state index in [-0.39, 0.29) is 18.6 Å². The molecule has 2 aromatic carbocycles. The van der Waals surface area contributed by atoms with Crippen LogP contribution in [0.1, 0.15) is 11.6 Å². The first-order valence-corrected chi connectivity index (χ1v) is 8.98. The molecule has 2 amide bonds. The van der Waals surface area contributed by atoms with Gasteiger partial charge in [-0.3, -0.25) is 4.68 Å². The summed E-state index contributed by atoms with van der Waals surface area (Å²) in [5.41, 5.74) is 8.01. The summed E-state index contributed by atoms with van der Waals surface area (Å²) in [6.07, 6.45) is 3.29. The third-order valence-electron chi connectivity index (χ3n) is 4.55. The Morgan fingerprint density at radius 1 is 1.18 bits per heavy atom. The van der Waals surface area contributed by atoms with Crippen LogP contribution in [0.5, 0.6) is 0 Å². The van der Waals surface area contributed by atoms with Crippen molar-refractivity contribution in [3.63, 3.8) is 0 Å². The Labute approximate surface area is 162 Å². The molecule has 28 heavy (non-hydrogen) atoms. The lowest BCUT2D eigenvalue weighted by molar-refractivity contribution is 0.249. The second kappa shape index (κ2) is 7.58. The first-order valence-electron chi connectivity index (χ1n) is 8.98. The van der Waals surface area contributed by atoms with Gasteiger partial charge >= 0.3 is 6.03 Å². The lowest BCUT2D eigenvalue weighted by Gasteiger charge is -2.18. The molecule has 0 radical (unpaired) electrons. The van der Waals surface area contributed by atoms with Crippen molar-refractivity contribution in [3.8, 4) is 11.5 Å². The van der Waals surface area contributed by atoms with Gasteiger partial charge in [-0.05, 0) is 34.5 Å². The van der Waals surface area contributed by atoms with E-state index in [0.29, 0.717) is 17.1 Å². The van der Waals surface area contributed by atoms with Gasteiger partial charge in [-0.15, -0.1) is 0 Å². The Balaban J connectivity index is 1.52. The van der Waals surface area contributed by atoms with E-state index in [1.165, 1.54) is 0 Å². The van der Waals surface area contributed by atoms with Gasteiger partial charge in [-0.1, -0.05) is 36.4 Å². The number of anilines is 1. The minimum atomic E-state index is -0.357. The van der Waals surface area contributed by atoms with Crippen molar-refractivity contribution in [1.29, 1.82) is 0 Å². The highest BCUT2D eigenvalue weighted by Gasteiger charge is 2.18. The third kappa shape index (κ3) is 3.60. The molecule has 0 spiro atoms. The monoisotopic (exact) mass is 375 g/mol. The average Bonchev–Trinajstić information content (AvgIpc) is 3.35. The maximum Gasteiger partial charge on any atom is 0.319 e. The first-order chi connectivity index (χ1) is 13.6. The molecule has 1 atom stereocenters. The summed E-state index contributed by atoms with van der Waals surface area (Å²) >= 11 is 0. The van der Waals surface area contributed by atoms with Crippen molar-refractivity contribution < 1.29 is 9.21 Å². The molecule has 0 aliphatic carbocycles. The molecule has 7 heteroatoms. The van der Waals surface area contributed by atoms with Gasteiger partial charge in [0.25, 0.3) is 0 Å². The highest BCUT2D eigenvalue weighted by atomic mass is 16.3. The van der Waals surface area contributed by atoms with Gasteiger partial charge in [0.05, 0.1) is 18.0 Å². The van der Waals surface area contributed by atoms with Crippen LogP contribution in [0.2, 0.25) is 0 Å². The third-order valence-corrected chi connectivity index (χ3v) is 4.55. The number of nitrogens with one attached hydrogen (secondary N) is 2. The summed E-state index contributed by atoms with van der Waals surface area (Å²) < 4.78 is 7.02. The summed E-state index contributed by atoms with van der Waals surface area (Å²) in [6.45, 7) is 0.282. The lowest BCUT2D eigenvalue weighted by Crippen LogP contribution is -2.36. The number of carbonyl (C=O) groups is 1. The van der Waals surface area contributed by atoms with Crippen LogP contribution in [0.4, 0.5) is 10.5 Å². The number of nitrogens with zero attached hydrogens (tertiary/aromatic N) is 2. The van der Waals surface area contributed by atoms with E-state index in [1.807, 2.05) is 36.4 Å². The molecule has 0 saturated carbocycles. The number of hydrogen-bond acceptors (Lipinski definition) is 4. The van der Waals surface area contributed by atoms with E-state index in [1.54, 1.807) is 36.3 Å².